The van der Waals surface area contributed by atoms with Crippen LogP contribution in [-0.2, 0) is 18.4 Å². The molecule has 2 N–H and O–H groups in total. The van der Waals surface area contributed by atoms with E-state index in [1.807, 2.05) is 4.90 Å². The van der Waals surface area contributed by atoms with E-state index in [2.05, 4.69) is 26.7 Å². The number of hydrogen-bond donors (Lipinski definition) is 1. The van der Waals surface area contributed by atoms with Crippen LogP contribution in [0.1, 0.15) is 49.7 Å². The summed E-state index contributed by atoms with van der Waals surface area (Å²) in [5.41, 5.74) is 5.44. The standard InChI is InChI=1S/C16H28N6O.2ClH/c1-20-14(12-21-7-3-2-4-8-21)18-19-16(20)13-5-9-22(10-6-13)15(23)11-17;;/h13H,2-12,17H2,1H3;2*1H. The maximum Gasteiger partial charge on any atom is 0.236 e. The predicted molar refractivity (Wildman–Crippen MR) is 102 cm³/mol. The van der Waals surface area contributed by atoms with Crippen molar-refractivity contribution in [1.29, 1.82) is 0 Å². The highest BCUT2D eigenvalue weighted by Gasteiger charge is 2.27. The summed E-state index contributed by atoms with van der Waals surface area (Å²) in [4.78, 5) is 16.0. The van der Waals surface area contributed by atoms with Crippen LogP contribution < -0.4 is 5.73 Å². The molecule has 7 nitrogen and oxygen atoms in total. The van der Waals surface area contributed by atoms with E-state index in [9.17, 15) is 4.79 Å². The molecule has 1 aromatic heterocycles. The summed E-state index contributed by atoms with van der Waals surface area (Å²) in [5.74, 6) is 2.57. The summed E-state index contributed by atoms with van der Waals surface area (Å²) in [6.07, 6.45) is 5.82. The highest BCUT2D eigenvalue weighted by atomic mass is 35.5. The molecule has 0 saturated carbocycles. The summed E-state index contributed by atoms with van der Waals surface area (Å²) in [7, 11) is 2.08. The smallest absolute Gasteiger partial charge is 0.236 e. The van der Waals surface area contributed by atoms with E-state index in [4.69, 9.17) is 5.73 Å². The van der Waals surface area contributed by atoms with Gasteiger partial charge in [0.25, 0.3) is 0 Å². The Labute approximate surface area is 162 Å². The maximum absolute atomic E-state index is 11.7. The van der Waals surface area contributed by atoms with Crippen molar-refractivity contribution in [3.05, 3.63) is 11.6 Å². The van der Waals surface area contributed by atoms with Gasteiger partial charge in [-0.3, -0.25) is 9.69 Å². The van der Waals surface area contributed by atoms with Gasteiger partial charge in [-0.15, -0.1) is 35.0 Å². The number of rotatable bonds is 4. The van der Waals surface area contributed by atoms with Crippen LogP contribution in [0, 0.1) is 0 Å². The lowest BCUT2D eigenvalue weighted by atomic mass is 9.96. The van der Waals surface area contributed by atoms with E-state index < -0.39 is 0 Å². The van der Waals surface area contributed by atoms with Gasteiger partial charge in [-0.05, 0) is 38.8 Å². The van der Waals surface area contributed by atoms with Gasteiger partial charge in [-0.1, -0.05) is 6.42 Å². The highest BCUT2D eigenvalue weighted by Crippen LogP contribution is 2.27. The van der Waals surface area contributed by atoms with Crippen molar-refractivity contribution in [2.45, 2.75) is 44.6 Å². The first-order valence-corrected chi connectivity index (χ1v) is 8.77. The molecule has 1 aromatic rings. The number of carbonyl (C=O) groups excluding carboxylic acids is 1. The molecule has 0 aliphatic carbocycles. The lowest BCUT2D eigenvalue weighted by molar-refractivity contribution is -0.130. The second-order valence-corrected chi connectivity index (χ2v) is 6.73. The number of likely N-dealkylation sites (tertiary alicyclic amines) is 2. The molecule has 2 aliphatic rings. The van der Waals surface area contributed by atoms with Gasteiger partial charge in [0.05, 0.1) is 13.1 Å². The van der Waals surface area contributed by atoms with Crippen molar-refractivity contribution < 1.29 is 4.79 Å². The van der Waals surface area contributed by atoms with Crippen LogP contribution in [0.15, 0.2) is 0 Å². The number of carbonyl (C=O) groups is 1. The molecule has 0 bridgehead atoms. The van der Waals surface area contributed by atoms with Crippen LogP contribution in [0.4, 0.5) is 0 Å². The van der Waals surface area contributed by atoms with E-state index in [-0.39, 0.29) is 37.3 Å². The van der Waals surface area contributed by atoms with E-state index in [1.54, 1.807) is 0 Å². The molecule has 25 heavy (non-hydrogen) atoms. The molecule has 0 unspecified atom stereocenters. The summed E-state index contributed by atoms with van der Waals surface area (Å²) in [5, 5.41) is 8.88. The number of amides is 1. The Hall–Kier alpha value is -0.890. The zero-order chi connectivity index (χ0) is 16.2. The lowest BCUT2D eigenvalue weighted by Crippen LogP contribution is -2.41. The Morgan fingerprint density at radius 2 is 1.72 bits per heavy atom. The maximum atomic E-state index is 11.7. The number of piperidine rings is 2. The van der Waals surface area contributed by atoms with Gasteiger partial charge in [0.2, 0.25) is 5.91 Å². The predicted octanol–water partition coefficient (Wildman–Crippen LogP) is 1.31. The molecular formula is C16H30Cl2N6O. The Balaban J connectivity index is 0.00000156. The first kappa shape index (κ1) is 22.2. The fraction of sp³-hybridized carbons (Fsp3) is 0.812. The minimum atomic E-state index is 0. The highest BCUT2D eigenvalue weighted by molar-refractivity contribution is 5.85. The molecule has 144 valence electrons. The van der Waals surface area contributed by atoms with Crippen molar-refractivity contribution >= 4 is 30.7 Å². The Morgan fingerprint density at radius 3 is 2.32 bits per heavy atom. The number of nitrogens with two attached hydrogens (primary N) is 1. The first-order valence-electron chi connectivity index (χ1n) is 8.77. The van der Waals surface area contributed by atoms with E-state index in [0.717, 1.165) is 44.1 Å². The zero-order valence-corrected chi connectivity index (χ0v) is 16.5. The van der Waals surface area contributed by atoms with Gasteiger partial charge in [0.15, 0.2) is 0 Å². The molecule has 2 aliphatic heterocycles. The molecule has 3 heterocycles. The first-order chi connectivity index (χ1) is 11.2. The molecule has 9 heteroatoms. The SMILES string of the molecule is Cl.Cl.Cn1c(CN2CCCCC2)nnc1C1CCN(C(=O)CN)CC1. The molecular weight excluding hydrogens is 363 g/mol. The summed E-state index contributed by atoms with van der Waals surface area (Å²) in [6, 6.07) is 0. The molecule has 3 rings (SSSR count). The van der Waals surface area contributed by atoms with Crippen molar-refractivity contribution in [2.75, 3.05) is 32.7 Å². The third-order valence-electron chi connectivity index (χ3n) is 5.20. The Morgan fingerprint density at radius 1 is 1.08 bits per heavy atom. The number of aromatic nitrogens is 3. The molecule has 0 aromatic carbocycles. The Kier molecular flexibility index (Phi) is 9.13. The average molecular weight is 393 g/mol. The van der Waals surface area contributed by atoms with Crippen LogP contribution in [0.5, 0.6) is 0 Å². The van der Waals surface area contributed by atoms with Crippen molar-refractivity contribution in [1.82, 2.24) is 24.6 Å². The largest absolute Gasteiger partial charge is 0.342 e. The average Bonchev–Trinajstić information content (AvgIpc) is 2.96. The summed E-state index contributed by atoms with van der Waals surface area (Å²) in [6.45, 7) is 4.89. The number of nitrogens with zero attached hydrogens (tertiary/aromatic N) is 5. The Bertz CT molecular complexity index is 539. The fourth-order valence-corrected chi connectivity index (χ4v) is 3.70. The molecule has 0 atom stereocenters. The minimum Gasteiger partial charge on any atom is -0.342 e. The van der Waals surface area contributed by atoms with Gasteiger partial charge in [0, 0.05) is 26.1 Å². The second-order valence-electron chi connectivity index (χ2n) is 6.73. The van der Waals surface area contributed by atoms with Gasteiger partial charge in [-0.2, -0.15) is 0 Å². The molecule has 2 saturated heterocycles. The van der Waals surface area contributed by atoms with Gasteiger partial charge >= 0.3 is 0 Å². The topological polar surface area (TPSA) is 80.3 Å². The van der Waals surface area contributed by atoms with Gasteiger partial charge in [0.1, 0.15) is 11.6 Å². The van der Waals surface area contributed by atoms with Crippen molar-refractivity contribution in [3.63, 3.8) is 0 Å². The van der Waals surface area contributed by atoms with Crippen LogP contribution in [0.25, 0.3) is 0 Å². The third-order valence-corrected chi connectivity index (χ3v) is 5.20. The van der Waals surface area contributed by atoms with Crippen LogP contribution in [0.2, 0.25) is 0 Å². The van der Waals surface area contributed by atoms with Crippen LogP contribution in [0.3, 0.4) is 0 Å². The molecule has 0 radical (unpaired) electrons. The lowest BCUT2D eigenvalue weighted by Gasteiger charge is -2.31. The van der Waals surface area contributed by atoms with Gasteiger partial charge < -0.3 is 15.2 Å². The number of hydrogen-bond acceptors (Lipinski definition) is 5. The number of halogens is 2. The monoisotopic (exact) mass is 392 g/mol. The van der Waals surface area contributed by atoms with Crippen molar-refractivity contribution in [3.8, 4) is 0 Å². The van der Waals surface area contributed by atoms with E-state index in [1.165, 1.54) is 32.4 Å². The second kappa shape index (κ2) is 10.3. The summed E-state index contributed by atoms with van der Waals surface area (Å²) < 4.78 is 2.17. The summed E-state index contributed by atoms with van der Waals surface area (Å²) >= 11 is 0. The fourth-order valence-electron chi connectivity index (χ4n) is 3.70. The molecule has 0 spiro atoms. The minimum absolute atomic E-state index is 0. The van der Waals surface area contributed by atoms with Crippen molar-refractivity contribution in [2.24, 2.45) is 12.8 Å². The molecule has 1 amide bonds. The zero-order valence-electron chi connectivity index (χ0n) is 14.9. The van der Waals surface area contributed by atoms with Gasteiger partial charge in [-0.25, -0.2) is 0 Å². The van der Waals surface area contributed by atoms with Crippen LogP contribution in [-0.4, -0.2) is 63.2 Å². The molecule has 2 fully saturated rings. The van der Waals surface area contributed by atoms with Crippen LogP contribution >= 0.6 is 24.8 Å². The van der Waals surface area contributed by atoms with E-state index >= 15 is 0 Å². The third kappa shape index (κ3) is 5.29. The van der Waals surface area contributed by atoms with E-state index in [0.29, 0.717) is 5.92 Å². The normalized spacial score (nSPS) is 19.2. The quantitative estimate of drug-likeness (QED) is 0.835.